The molecule has 24 heavy (non-hydrogen) atoms. The molecule has 0 bridgehead atoms. The first-order chi connectivity index (χ1) is 11.7. The van der Waals surface area contributed by atoms with Crippen LogP contribution in [0.5, 0.6) is 0 Å². The minimum atomic E-state index is 0.263. The predicted octanol–water partition coefficient (Wildman–Crippen LogP) is 6.10. The molecule has 0 fully saturated rings. The van der Waals surface area contributed by atoms with Crippen LogP contribution in [0.4, 0.5) is 0 Å². The summed E-state index contributed by atoms with van der Waals surface area (Å²) >= 11 is 6.63. The molecule has 0 radical (unpaired) electrons. The third-order valence-electron chi connectivity index (χ3n) is 4.83. The summed E-state index contributed by atoms with van der Waals surface area (Å²) in [5.41, 5.74) is 2.74. The fourth-order valence-electron chi connectivity index (χ4n) is 3.49. The van der Waals surface area contributed by atoms with E-state index in [4.69, 9.17) is 0 Å². The summed E-state index contributed by atoms with van der Waals surface area (Å²) in [6, 6.07) is 18.2. The van der Waals surface area contributed by atoms with E-state index in [1.54, 1.807) is 0 Å². The van der Waals surface area contributed by atoms with Crippen molar-refractivity contribution in [1.82, 2.24) is 5.32 Å². The maximum Gasteiger partial charge on any atom is 0.0590 e. The van der Waals surface area contributed by atoms with Crippen LogP contribution < -0.4 is 5.32 Å². The van der Waals surface area contributed by atoms with Crippen LogP contribution in [0.15, 0.2) is 58.3 Å². The lowest BCUT2D eigenvalue weighted by Crippen LogP contribution is -2.38. The van der Waals surface area contributed by atoms with Gasteiger partial charge < -0.3 is 5.32 Å². The Morgan fingerprint density at radius 2 is 1.88 bits per heavy atom. The standard InChI is InChI=1S/C21H27NS2/c1-3-5-11-19-18(4-2)22-21(15-9-7-6-8-10-15)17-13-12-16(23)14-20(17)24-19/h6-10,12-14,18-19,21-23H,3-5,11H2,1-2H3. The Hall–Kier alpha value is -0.900. The molecule has 2 aromatic carbocycles. The topological polar surface area (TPSA) is 12.0 Å². The van der Waals surface area contributed by atoms with Gasteiger partial charge in [-0.2, -0.15) is 0 Å². The van der Waals surface area contributed by atoms with Gasteiger partial charge in [0.25, 0.3) is 0 Å². The van der Waals surface area contributed by atoms with Crippen molar-refractivity contribution in [2.24, 2.45) is 0 Å². The second kappa shape index (κ2) is 8.46. The Balaban J connectivity index is 2.01. The van der Waals surface area contributed by atoms with Crippen LogP contribution >= 0.6 is 24.4 Å². The molecule has 1 nitrogen and oxygen atoms in total. The molecule has 3 atom stereocenters. The van der Waals surface area contributed by atoms with Crippen molar-refractivity contribution >= 4 is 24.4 Å². The van der Waals surface area contributed by atoms with E-state index in [2.05, 4.69) is 92.1 Å². The first kappa shape index (κ1) is 17.9. The average molecular weight is 358 g/mol. The van der Waals surface area contributed by atoms with Crippen molar-refractivity contribution in [3.8, 4) is 0 Å². The summed E-state index contributed by atoms with van der Waals surface area (Å²) in [7, 11) is 0. The number of rotatable bonds is 5. The highest BCUT2D eigenvalue weighted by molar-refractivity contribution is 8.00. The molecule has 1 N–H and O–H groups in total. The maximum absolute atomic E-state index is 4.58. The van der Waals surface area contributed by atoms with E-state index in [1.165, 1.54) is 35.3 Å². The number of thiol groups is 1. The van der Waals surface area contributed by atoms with Gasteiger partial charge in [0.05, 0.1) is 6.04 Å². The van der Waals surface area contributed by atoms with Gasteiger partial charge in [0, 0.05) is 21.1 Å². The second-order valence-corrected chi connectivity index (χ2v) is 8.34. The Morgan fingerprint density at radius 3 is 2.58 bits per heavy atom. The quantitative estimate of drug-likeness (QED) is 0.627. The molecule has 3 unspecified atom stereocenters. The van der Waals surface area contributed by atoms with Gasteiger partial charge in [-0.1, -0.05) is 63.1 Å². The SMILES string of the molecule is CCCCC1Sc2cc(S)ccc2C(c2ccccc2)NC1CC. The normalized spacial score (nSPS) is 23.5. The molecule has 0 spiro atoms. The molecule has 0 aromatic heterocycles. The Kier molecular flexibility index (Phi) is 6.31. The summed E-state index contributed by atoms with van der Waals surface area (Å²) in [6.07, 6.45) is 4.98. The van der Waals surface area contributed by atoms with Crippen molar-refractivity contribution in [2.45, 2.75) is 66.7 Å². The van der Waals surface area contributed by atoms with Crippen molar-refractivity contribution in [3.63, 3.8) is 0 Å². The van der Waals surface area contributed by atoms with Crippen LogP contribution in [-0.2, 0) is 0 Å². The third kappa shape index (κ3) is 4.01. The largest absolute Gasteiger partial charge is 0.302 e. The number of hydrogen-bond acceptors (Lipinski definition) is 3. The Bertz CT molecular complexity index is 656. The number of benzene rings is 2. The number of unbranched alkanes of at least 4 members (excludes halogenated alkanes) is 1. The molecule has 0 saturated carbocycles. The third-order valence-corrected chi connectivity index (χ3v) is 6.58. The van der Waals surface area contributed by atoms with Gasteiger partial charge in [0.1, 0.15) is 0 Å². The number of hydrogen-bond donors (Lipinski definition) is 2. The van der Waals surface area contributed by atoms with Crippen molar-refractivity contribution in [1.29, 1.82) is 0 Å². The molecule has 0 saturated heterocycles. The number of fused-ring (bicyclic) bond motifs is 1. The molecule has 3 rings (SSSR count). The van der Waals surface area contributed by atoms with Crippen LogP contribution in [0.2, 0.25) is 0 Å². The first-order valence-electron chi connectivity index (χ1n) is 9.03. The van der Waals surface area contributed by atoms with Gasteiger partial charge in [-0.15, -0.1) is 24.4 Å². The van der Waals surface area contributed by atoms with Crippen molar-refractivity contribution < 1.29 is 0 Å². The molecule has 1 aliphatic rings. The molecule has 0 amide bonds. The fourth-order valence-corrected chi connectivity index (χ4v) is 5.34. The van der Waals surface area contributed by atoms with Gasteiger partial charge in [-0.05, 0) is 36.1 Å². The van der Waals surface area contributed by atoms with E-state index in [9.17, 15) is 0 Å². The summed E-state index contributed by atoms with van der Waals surface area (Å²) < 4.78 is 0. The second-order valence-electron chi connectivity index (χ2n) is 6.55. The zero-order valence-corrected chi connectivity index (χ0v) is 16.2. The van der Waals surface area contributed by atoms with Crippen LogP contribution in [-0.4, -0.2) is 11.3 Å². The highest BCUT2D eigenvalue weighted by Crippen LogP contribution is 2.41. The van der Waals surface area contributed by atoms with Crippen LogP contribution in [0.25, 0.3) is 0 Å². The highest BCUT2D eigenvalue weighted by Gasteiger charge is 2.30. The van der Waals surface area contributed by atoms with E-state index >= 15 is 0 Å². The minimum absolute atomic E-state index is 0.263. The maximum atomic E-state index is 4.58. The van der Waals surface area contributed by atoms with Crippen LogP contribution in [0.1, 0.15) is 56.7 Å². The molecule has 2 aromatic rings. The van der Waals surface area contributed by atoms with Gasteiger partial charge in [-0.25, -0.2) is 0 Å². The lowest BCUT2D eigenvalue weighted by atomic mass is 9.96. The summed E-state index contributed by atoms with van der Waals surface area (Å²) in [6.45, 7) is 4.58. The summed E-state index contributed by atoms with van der Waals surface area (Å²) in [5, 5.41) is 4.59. The lowest BCUT2D eigenvalue weighted by Gasteiger charge is -2.27. The Morgan fingerprint density at radius 1 is 1.08 bits per heavy atom. The molecular formula is C21H27NS2. The molecular weight excluding hydrogens is 330 g/mol. The monoisotopic (exact) mass is 357 g/mol. The molecule has 1 heterocycles. The highest BCUT2D eigenvalue weighted by atomic mass is 32.2. The van der Waals surface area contributed by atoms with E-state index in [1.807, 2.05) is 0 Å². The minimum Gasteiger partial charge on any atom is -0.302 e. The first-order valence-corrected chi connectivity index (χ1v) is 10.4. The predicted molar refractivity (Wildman–Crippen MR) is 108 cm³/mol. The van der Waals surface area contributed by atoms with Gasteiger partial charge in [-0.3, -0.25) is 0 Å². The average Bonchev–Trinajstić information content (AvgIpc) is 2.76. The van der Waals surface area contributed by atoms with E-state index in [-0.39, 0.29) is 6.04 Å². The molecule has 1 aliphatic heterocycles. The van der Waals surface area contributed by atoms with E-state index in [0.717, 1.165) is 11.3 Å². The Labute approximate surface area is 156 Å². The zero-order chi connectivity index (χ0) is 16.9. The molecule has 3 heteroatoms. The van der Waals surface area contributed by atoms with Crippen LogP contribution in [0, 0.1) is 0 Å². The zero-order valence-electron chi connectivity index (χ0n) is 14.5. The van der Waals surface area contributed by atoms with E-state index in [0.29, 0.717) is 11.3 Å². The van der Waals surface area contributed by atoms with Gasteiger partial charge in [0.2, 0.25) is 0 Å². The fraction of sp³-hybridized carbons (Fsp3) is 0.429. The smallest absolute Gasteiger partial charge is 0.0590 e. The molecule has 128 valence electrons. The molecule has 0 aliphatic carbocycles. The number of nitrogens with one attached hydrogen (secondary N) is 1. The van der Waals surface area contributed by atoms with Crippen LogP contribution in [0.3, 0.4) is 0 Å². The van der Waals surface area contributed by atoms with E-state index < -0.39 is 0 Å². The summed E-state index contributed by atoms with van der Waals surface area (Å²) in [4.78, 5) is 2.44. The van der Waals surface area contributed by atoms with Crippen molar-refractivity contribution in [3.05, 3.63) is 59.7 Å². The summed E-state index contributed by atoms with van der Waals surface area (Å²) in [5.74, 6) is 0. The number of thioether (sulfide) groups is 1. The van der Waals surface area contributed by atoms with Gasteiger partial charge in [0.15, 0.2) is 0 Å². The van der Waals surface area contributed by atoms with Gasteiger partial charge >= 0.3 is 0 Å². The lowest BCUT2D eigenvalue weighted by molar-refractivity contribution is 0.432. The van der Waals surface area contributed by atoms with Crippen molar-refractivity contribution in [2.75, 3.05) is 0 Å².